The molecule has 0 aliphatic rings. The summed E-state index contributed by atoms with van der Waals surface area (Å²) in [5.74, 6) is 0.0109. The lowest BCUT2D eigenvalue weighted by Crippen LogP contribution is -2.36. The first-order valence-corrected chi connectivity index (χ1v) is 4.51. The molecule has 0 radical (unpaired) electrons. The van der Waals surface area contributed by atoms with Gasteiger partial charge in [-0.3, -0.25) is 4.79 Å². The van der Waals surface area contributed by atoms with Crippen LogP contribution < -0.4 is 5.32 Å². The molecule has 0 aliphatic carbocycles. The summed E-state index contributed by atoms with van der Waals surface area (Å²) in [6.07, 6.45) is 2.81. The van der Waals surface area contributed by atoms with Gasteiger partial charge in [0.1, 0.15) is 6.04 Å². The largest absolute Gasteiger partial charge is 0.480 e. The molecule has 64 valence electrons. The van der Waals surface area contributed by atoms with Gasteiger partial charge in [0.15, 0.2) is 0 Å². The molecule has 4 nitrogen and oxygen atoms in total. The van der Waals surface area contributed by atoms with Gasteiger partial charge in [0.25, 0.3) is 1.43 Å². The van der Waals surface area contributed by atoms with Gasteiger partial charge in [-0.1, -0.05) is 0 Å². The zero-order valence-electron chi connectivity index (χ0n) is 7.20. The number of aliphatic carboxylic acids is 1. The second-order valence-corrected chi connectivity index (χ2v) is 2.92. The number of thioether (sulfide) groups is 1. The number of hydrogen-bond acceptors (Lipinski definition) is 4. The summed E-state index contributed by atoms with van der Waals surface area (Å²) in [6, 6.07) is -0.688. The van der Waals surface area contributed by atoms with Crippen molar-refractivity contribution in [3.05, 3.63) is 0 Å². The standard InChI is InChI=1S/C6H11NO3S/c1-11-3-2-5(6(9)10)7-4-8/h4-5H,2-3H2,1H3,(H,7,8)(H,9,10)/t5-/m0/s1/i/hD. The van der Waals surface area contributed by atoms with Crippen molar-refractivity contribution in [2.75, 3.05) is 12.0 Å². The highest BCUT2D eigenvalue weighted by molar-refractivity contribution is 7.98. The van der Waals surface area contributed by atoms with Crippen LogP contribution in [0.25, 0.3) is 1.43 Å². The van der Waals surface area contributed by atoms with Crippen LogP contribution in [-0.2, 0) is 9.59 Å². The van der Waals surface area contributed by atoms with Crippen molar-refractivity contribution in [1.29, 1.82) is 1.43 Å². The first-order valence-electron chi connectivity index (χ1n) is 3.52. The average molecular weight is 178 g/mol. The van der Waals surface area contributed by atoms with Crippen molar-refractivity contribution < 1.29 is 14.7 Å². The summed E-state index contributed by atoms with van der Waals surface area (Å²) in [6.45, 7) is 0. The number of amides is 1. The van der Waals surface area contributed by atoms with Crippen LogP contribution in [0, 0.1) is 0 Å². The molecule has 5 heteroatoms. The smallest absolute Gasteiger partial charge is 0.326 e. The number of carboxylic acid groups (broad SMARTS) is 1. The summed E-state index contributed by atoms with van der Waals surface area (Å²) >= 11 is 1.56. The van der Waals surface area contributed by atoms with Gasteiger partial charge in [-0.2, -0.15) is 11.8 Å². The first kappa shape index (κ1) is 8.39. The second-order valence-electron chi connectivity index (χ2n) is 1.94. The molecule has 0 spiro atoms. The second kappa shape index (κ2) is 6.03. The van der Waals surface area contributed by atoms with E-state index in [1.54, 1.807) is 11.8 Å². The molecule has 1 amide bonds. The predicted molar refractivity (Wildman–Crippen MR) is 43.6 cm³/mol. The SMILES string of the molecule is [2H]OC(=O)[C@H](CCSC)NC=O. The predicted octanol–water partition coefficient (Wildman–Crippen LogP) is -0.0613. The molecular formula is C6H11NO3S. The maximum Gasteiger partial charge on any atom is 0.326 e. The Kier molecular flexibility index (Phi) is 4.60. The van der Waals surface area contributed by atoms with E-state index in [1.807, 2.05) is 6.26 Å². The van der Waals surface area contributed by atoms with Crippen LogP contribution >= 0.6 is 11.8 Å². The summed E-state index contributed by atoms with van der Waals surface area (Å²) in [7, 11) is 0. The van der Waals surface area contributed by atoms with Crippen molar-refractivity contribution in [2.24, 2.45) is 0 Å². The fourth-order valence-electron chi connectivity index (χ4n) is 0.587. The van der Waals surface area contributed by atoms with Crippen LogP contribution in [0.5, 0.6) is 0 Å². The van der Waals surface area contributed by atoms with Crippen molar-refractivity contribution in [3.8, 4) is 0 Å². The van der Waals surface area contributed by atoms with Crippen LogP contribution in [0.3, 0.4) is 0 Å². The van der Waals surface area contributed by atoms with E-state index in [-0.39, 0.29) is 0 Å². The molecular weight excluding hydrogens is 166 g/mol. The number of rotatable bonds is 6. The van der Waals surface area contributed by atoms with Gasteiger partial charge in [0.2, 0.25) is 6.41 Å². The summed E-state index contributed by atoms with van der Waals surface area (Å²) < 4.78 is 6.34. The summed E-state index contributed by atoms with van der Waals surface area (Å²) in [5, 5.41) is 6.02. The molecule has 0 aromatic heterocycles. The third kappa shape index (κ3) is 4.66. The van der Waals surface area contributed by atoms with Crippen LogP contribution in [0.1, 0.15) is 6.42 Å². The maximum absolute atomic E-state index is 10.8. The molecule has 0 fully saturated rings. The lowest BCUT2D eigenvalue weighted by Gasteiger charge is -2.08. The van der Waals surface area contributed by atoms with Crippen LogP contribution in [0.2, 0.25) is 0 Å². The van der Waals surface area contributed by atoms with E-state index in [9.17, 15) is 9.59 Å². The fraction of sp³-hybridized carbons (Fsp3) is 0.667. The zero-order valence-corrected chi connectivity index (χ0v) is 7.02. The molecule has 1 atom stereocenters. The number of carbonyl (C=O) groups excluding carboxylic acids is 1. The van der Waals surface area contributed by atoms with E-state index in [0.717, 1.165) is 5.75 Å². The Morgan fingerprint density at radius 3 is 3.18 bits per heavy atom. The van der Waals surface area contributed by atoms with Crippen LogP contribution in [0.4, 0.5) is 0 Å². The first-order chi connectivity index (χ1) is 5.76. The molecule has 0 bridgehead atoms. The average Bonchev–Trinajstić information content (AvgIpc) is 2.11. The Balaban J connectivity index is 3.84. The van der Waals surface area contributed by atoms with Gasteiger partial charge >= 0.3 is 5.97 Å². The zero-order chi connectivity index (χ0) is 9.40. The van der Waals surface area contributed by atoms with Gasteiger partial charge in [0.05, 0.1) is 0 Å². The molecule has 0 aliphatic heterocycles. The van der Waals surface area contributed by atoms with Gasteiger partial charge in [-0.15, -0.1) is 0 Å². The van der Waals surface area contributed by atoms with Crippen molar-refractivity contribution in [1.82, 2.24) is 5.32 Å². The van der Waals surface area contributed by atoms with E-state index in [0.29, 0.717) is 12.8 Å². The lowest BCUT2D eigenvalue weighted by atomic mass is 10.2. The van der Waals surface area contributed by atoms with Gasteiger partial charge in [-0.25, -0.2) is 4.79 Å². The van der Waals surface area contributed by atoms with Crippen molar-refractivity contribution in [2.45, 2.75) is 12.5 Å². The minimum atomic E-state index is -0.726. The van der Waals surface area contributed by atoms with Crippen LogP contribution in [-0.4, -0.2) is 35.5 Å². The third-order valence-electron chi connectivity index (χ3n) is 1.16. The van der Waals surface area contributed by atoms with Crippen LogP contribution in [0.15, 0.2) is 0 Å². The van der Waals surface area contributed by atoms with E-state index >= 15 is 0 Å². The fourth-order valence-corrected chi connectivity index (χ4v) is 1.06. The van der Waals surface area contributed by atoms with E-state index < -0.39 is 12.0 Å². The Morgan fingerprint density at radius 1 is 2.00 bits per heavy atom. The Bertz CT molecular complexity index is 156. The number of hydrogen-bond donors (Lipinski definition) is 2. The summed E-state index contributed by atoms with van der Waals surface area (Å²) in [5.41, 5.74) is 0. The summed E-state index contributed by atoms with van der Waals surface area (Å²) in [4.78, 5) is 20.8. The van der Waals surface area contributed by atoms with Crippen molar-refractivity contribution in [3.63, 3.8) is 0 Å². The highest BCUT2D eigenvalue weighted by Gasteiger charge is 2.14. The van der Waals surface area contributed by atoms with E-state index in [2.05, 4.69) is 10.4 Å². The monoisotopic (exact) mass is 178 g/mol. The van der Waals surface area contributed by atoms with E-state index in [1.165, 1.54) is 0 Å². The quantitative estimate of drug-likeness (QED) is 0.559. The molecule has 0 aromatic carbocycles. The highest BCUT2D eigenvalue weighted by atomic mass is 32.2. The number of carboxylic acids is 1. The molecule has 11 heavy (non-hydrogen) atoms. The molecule has 0 heterocycles. The maximum atomic E-state index is 10.8. The topological polar surface area (TPSA) is 66.4 Å². The number of carbonyl (C=O) groups is 2. The van der Waals surface area contributed by atoms with Gasteiger partial charge < -0.3 is 10.4 Å². The lowest BCUT2D eigenvalue weighted by molar-refractivity contribution is -0.140. The highest BCUT2D eigenvalue weighted by Crippen LogP contribution is 1.99. The minimum Gasteiger partial charge on any atom is -0.480 e. The minimum absolute atomic E-state index is 0.432. The Morgan fingerprint density at radius 2 is 2.73 bits per heavy atom. The van der Waals surface area contributed by atoms with Crippen molar-refractivity contribution >= 4 is 24.1 Å². The van der Waals surface area contributed by atoms with Gasteiger partial charge in [-0.05, 0) is 18.4 Å². The molecule has 0 rings (SSSR count). The van der Waals surface area contributed by atoms with Gasteiger partial charge in [0, 0.05) is 0 Å². The Hall–Kier alpha value is -0.710. The molecule has 0 unspecified atom stereocenters. The molecule has 0 saturated heterocycles. The molecule has 0 aromatic rings. The normalized spacial score (nSPS) is 13.0. The third-order valence-corrected chi connectivity index (χ3v) is 1.81. The van der Waals surface area contributed by atoms with E-state index in [4.69, 9.17) is 1.43 Å². The Labute approximate surface area is 70.8 Å². The number of nitrogens with one attached hydrogen (secondary N) is 1. The molecule has 2 N–H and O–H groups in total. The molecule has 0 saturated carbocycles.